The van der Waals surface area contributed by atoms with Gasteiger partial charge in [0.15, 0.2) is 5.13 Å². The van der Waals surface area contributed by atoms with Crippen LogP contribution in [-0.4, -0.2) is 34.7 Å². The van der Waals surface area contributed by atoms with E-state index in [2.05, 4.69) is 10.3 Å². The average Bonchev–Trinajstić information content (AvgIpc) is 2.65. The summed E-state index contributed by atoms with van der Waals surface area (Å²) >= 11 is 1.46. The molecule has 2 N–H and O–H groups in total. The third-order valence-corrected chi connectivity index (χ3v) is 3.24. The van der Waals surface area contributed by atoms with Crippen LogP contribution in [0.2, 0.25) is 0 Å². The summed E-state index contributed by atoms with van der Waals surface area (Å²) in [6.07, 6.45) is 0. The van der Waals surface area contributed by atoms with Crippen molar-refractivity contribution in [2.75, 3.05) is 18.0 Å². The minimum absolute atomic E-state index is 0.00264. The lowest BCUT2D eigenvalue weighted by atomic mass is 10.1. The zero-order valence-corrected chi connectivity index (χ0v) is 12.2. The molecule has 1 rings (SSSR count). The van der Waals surface area contributed by atoms with Crippen molar-refractivity contribution in [2.45, 2.75) is 39.8 Å². The first-order valence-electron chi connectivity index (χ1n) is 5.99. The van der Waals surface area contributed by atoms with Gasteiger partial charge in [0.05, 0.1) is 11.3 Å². The third-order valence-electron chi connectivity index (χ3n) is 2.33. The Morgan fingerprint density at radius 3 is 2.78 bits per heavy atom. The van der Waals surface area contributed by atoms with E-state index < -0.39 is 5.60 Å². The van der Waals surface area contributed by atoms with Crippen LogP contribution in [-0.2, 0) is 11.3 Å². The molecule has 0 aliphatic heterocycles. The SMILES string of the molecule is CCN(C(C)=O)c1nc(CNCC(C)(C)O)cs1. The minimum atomic E-state index is -0.728. The smallest absolute Gasteiger partial charge is 0.225 e. The molecule has 0 radical (unpaired) electrons. The molecule has 0 bridgehead atoms. The molecule has 1 heterocycles. The number of carbonyl (C=O) groups excluding carboxylic acids is 1. The average molecular weight is 271 g/mol. The topological polar surface area (TPSA) is 65.5 Å². The van der Waals surface area contributed by atoms with Gasteiger partial charge >= 0.3 is 0 Å². The van der Waals surface area contributed by atoms with Crippen LogP contribution in [0.15, 0.2) is 5.38 Å². The second-order valence-electron chi connectivity index (χ2n) is 4.80. The Kier molecular flexibility index (Phi) is 5.25. The van der Waals surface area contributed by atoms with E-state index in [-0.39, 0.29) is 5.91 Å². The summed E-state index contributed by atoms with van der Waals surface area (Å²) in [5.74, 6) is 0.00264. The summed E-state index contributed by atoms with van der Waals surface area (Å²) in [4.78, 5) is 17.4. The van der Waals surface area contributed by atoms with E-state index >= 15 is 0 Å². The van der Waals surface area contributed by atoms with Gasteiger partial charge in [0.2, 0.25) is 5.91 Å². The van der Waals surface area contributed by atoms with Gasteiger partial charge in [0.1, 0.15) is 0 Å². The van der Waals surface area contributed by atoms with Crippen LogP contribution in [0.1, 0.15) is 33.4 Å². The van der Waals surface area contributed by atoms with E-state index in [9.17, 15) is 9.90 Å². The molecule has 0 atom stereocenters. The first-order chi connectivity index (χ1) is 8.33. The molecule has 102 valence electrons. The van der Waals surface area contributed by atoms with Crippen molar-refractivity contribution in [3.05, 3.63) is 11.1 Å². The van der Waals surface area contributed by atoms with Crippen molar-refractivity contribution in [3.8, 4) is 0 Å². The van der Waals surface area contributed by atoms with Gasteiger partial charge < -0.3 is 10.4 Å². The number of hydrogen-bond acceptors (Lipinski definition) is 5. The van der Waals surface area contributed by atoms with Gasteiger partial charge in [-0.05, 0) is 20.8 Å². The van der Waals surface area contributed by atoms with Crippen molar-refractivity contribution in [1.82, 2.24) is 10.3 Å². The highest BCUT2D eigenvalue weighted by atomic mass is 32.1. The molecule has 1 aromatic heterocycles. The highest BCUT2D eigenvalue weighted by Gasteiger charge is 2.14. The number of rotatable bonds is 6. The maximum Gasteiger partial charge on any atom is 0.225 e. The Labute approximate surface area is 112 Å². The van der Waals surface area contributed by atoms with Gasteiger partial charge in [-0.3, -0.25) is 9.69 Å². The number of nitrogens with zero attached hydrogens (tertiary/aromatic N) is 2. The molecule has 0 aromatic carbocycles. The Morgan fingerprint density at radius 1 is 1.61 bits per heavy atom. The predicted molar refractivity (Wildman–Crippen MR) is 73.8 cm³/mol. The van der Waals surface area contributed by atoms with Gasteiger partial charge in [0.25, 0.3) is 0 Å². The fraction of sp³-hybridized carbons (Fsp3) is 0.667. The van der Waals surface area contributed by atoms with E-state index in [0.29, 0.717) is 19.6 Å². The Morgan fingerprint density at radius 2 is 2.28 bits per heavy atom. The molecule has 1 aromatic rings. The summed E-state index contributed by atoms with van der Waals surface area (Å²) in [5, 5.41) is 15.4. The molecule has 0 spiro atoms. The van der Waals surface area contributed by atoms with Crippen molar-refractivity contribution >= 4 is 22.4 Å². The van der Waals surface area contributed by atoms with Gasteiger partial charge in [-0.2, -0.15) is 0 Å². The van der Waals surface area contributed by atoms with Crippen LogP contribution in [0.3, 0.4) is 0 Å². The van der Waals surface area contributed by atoms with Crippen LogP contribution < -0.4 is 10.2 Å². The Hall–Kier alpha value is -0.980. The highest BCUT2D eigenvalue weighted by molar-refractivity contribution is 7.14. The van der Waals surface area contributed by atoms with Gasteiger partial charge in [-0.15, -0.1) is 11.3 Å². The van der Waals surface area contributed by atoms with E-state index in [4.69, 9.17) is 0 Å². The zero-order chi connectivity index (χ0) is 13.8. The van der Waals surface area contributed by atoms with Crippen LogP contribution in [0.4, 0.5) is 5.13 Å². The normalized spacial score (nSPS) is 11.6. The molecule has 0 aliphatic carbocycles. The number of carbonyl (C=O) groups is 1. The molecular formula is C12H21N3O2S. The molecule has 0 saturated heterocycles. The van der Waals surface area contributed by atoms with Gasteiger partial charge in [-0.25, -0.2) is 4.98 Å². The van der Waals surface area contributed by atoms with Crippen LogP contribution in [0, 0.1) is 0 Å². The quantitative estimate of drug-likeness (QED) is 0.820. The maximum atomic E-state index is 11.4. The van der Waals surface area contributed by atoms with Crippen molar-refractivity contribution in [2.24, 2.45) is 0 Å². The second-order valence-corrected chi connectivity index (χ2v) is 5.64. The second kappa shape index (κ2) is 6.26. The molecule has 0 unspecified atom stereocenters. The van der Waals surface area contributed by atoms with Crippen molar-refractivity contribution in [1.29, 1.82) is 0 Å². The summed E-state index contributed by atoms with van der Waals surface area (Å²) in [7, 11) is 0. The number of aromatic nitrogens is 1. The minimum Gasteiger partial charge on any atom is -0.389 e. The summed E-state index contributed by atoms with van der Waals surface area (Å²) in [5.41, 5.74) is 0.159. The van der Waals surface area contributed by atoms with E-state index in [1.54, 1.807) is 18.7 Å². The van der Waals surface area contributed by atoms with E-state index in [1.807, 2.05) is 12.3 Å². The molecule has 1 amide bonds. The van der Waals surface area contributed by atoms with Gasteiger partial charge in [-0.1, -0.05) is 0 Å². The first-order valence-corrected chi connectivity index (χ1v) is 6.87. The van der Waals surface area contributed by atoms with Crippen LogP contribution in [0.5, 0.6) is 0 Å². The number of aliphatic hydroxyl groups is 1. The van der Waals surface area contributed by atoms with Crippen LogP contribution in [0.25, 0.3) is 0 Å². The van der Waals surface area contributed by atoms with Crippen molar-refractivity contribution < 1.29 is 9.90 Å². The molecule has 6 heteroatoms. The number of amides is 1. The van der Waals surface area contributed by atoms with Crippen molar-refractivity contribution in [3.63, 3.8) is 0 Å². The largest absolute Gasteiger partial charge is 0.389 e. The Bertz CT molecular complexity index is 398. The molecule has 0 aliphatic rings. The zero-order valence-electron chi connectivity index (χ0n) is 11.4. The van der Waals surface area contributed by atoms with Gasteiger partial charge in [0, 0.05) is 31.9 Å². The maximum absolute atomic E-state index is 11.4. The summed E-state index contributed by atoms with van der Waals surface area (Å²) in [6.45, 7) is 8.69. The molecule has 0 saturated carbocycles. The number of anilines is 1. The fourth-order valence-corrected chi connectivity index (χ4v) is 2.42. The highest BCUT2D eigenvalue weighted by Crippen LogP contribution is 2.20. The molecule has 0 fully saturated rings. The lowest BCUT2D eigenvalue weighted by Crippen LogP contribution is -2.34. The third kappa shape index (κ3) is 4.72. The number of hydrogen-bond donors (Lipinski definition) is 2. The summed E-state index contributed by atoms with van der Waals surface area (Å²) in [6, 6.07) is 0. The summed E-state index contributed by atoms with van der Waals surface area (Å²) < 4.78 is 0. The molecular weight excluding hydrogens is 250 g/mol. The fourth-order valence-electron chi connectivity index (χ4n) is 1.49. The standard InChI is InChI=1S/C12H21N3O2S/c1-5-15(9(2)16)11-14-10(7-18-11)6-13-8-12(3,4)17/h7,13,17H,5-6,8H2,1-4H3. The van der Waals surface area contributed by atoms with E-state index in [0.717, 1.165) is 10.8 Å². The predicted octanol–water partition coefficient (Wildman–Crippen LogP) is 1.38. The first kappa shape index (κ1) is 15.1. The monoisotopic (exact) mass is 271 g/mol. The Balaban J connectivity index is 2.55. The molecule has 18 heavy (non-hydrogen) atoms. The van der Waals surface area contributed by atoms with E-state index in [1.165, 1.54) is 18.3 Å². The number of nitrogens with one attached hydrogen (secondary N) is 1. The lowest BCUT2D eigenvalue weighted by Gasteiger charge is -2.17. The number of thiazole rings is 1. The molecule has 5 nitrogen and oxygen atoms in total. The lowest BCUT2D eigenvalue weighted by molar-refractivity contribution is -0.116. The van der Waals surface area contributed by atoms with Crippen LogP contribution >= 0.6 is 11.3 Å².